The Labute approximate surface area is 151 Å². The van der Waals surface area contributed by atoms with E-state index in [2.05, 4.69) is 10.6 Å². The van der Waals surface area contributed by atoms with Gasteiger partial charge in [-0.25, -0.2) is 4.79 Å². The van der Waals surface area contributed by atoms with E-state index in [4.69, 9.17) is 21.1 Å². The zero-order valence-electron chi connectivity index (χ0n) is 14.4. The van der Waals surface area contributed by atoms with Crippen LogP contribution in [-0.4, -0.2) is 54.1 Å². The van der Waals surface area contributed by atoms with Crippen molar-refractivity contribution in [3.63, 3.8) is 0 Å². The highest BCUT2D eigenvalue weighted by Crippen LogP contribution is 2.35. The van der Waals surface area contributed by atoms with E-state index in [0.717, 1.165) is 0 Å². The molecule has 0 bridgehead atoms. The summed E-state index contributed by atoms with van der Waals surface area (Å²) >= 11 is 5.80. The number of phenolic OH excluding ortho intramolecular Hbond substituents is 2. The predicted octanol–water partition coefficient (Wildman–Crippen LogP) is 2.02. The number of amides is 2. The number of aromatic hydroxyl groups is 2. The van der Waals surface area contributed by atoms with E-state index < -0.39 is 29.1 Å². The number of carbonyl (C=O) groups excluding carboxylic acids is 2. The molecule has 1 aromatic rings. The third kappa shape index (κ3) is 7.49. The second-order valence-corrected chi connectivity index (χ2v) is 6.47. The van der Waals surface area contributed by atoms with Gasteiger partial charge in [-0.15, -0.1) is 0 Å². The van der Waals surface area contributed by atoms with Crippen LogP contribution in [0.1, 0.15) is 31.1 Å². The standard InChI is InChI=1S/C16H23ClN2O6/c1-16(2,3)25-15(23)19-7-9-24-8-6-18-14(22)10-4-5-11(20)13(21)12(10)17/h4-5,20-21H,6-9H2,1-3H3,(H,18,22)(H,19,23). The van der Waals surface area contributed by atoms with Crippen molar-refractivity contribution in [3.05, 3.63) is 22.7 Å². The maximum absolute atomic E-state index is 11.9. The van der Waals surface area contributed by atoms with Crippen LogP contribution in [0.25, 0.3) is 0 Å². The Bertz CT molecular complexity index is 615. The Morgan fingerprint density at radius 3 is 2.32 bits per heavy atom. The fraction of sp³-hybridized carbons (Fsp3) is 0.500. The molecule has 0 aliphatic heterocycles. The SMILES string of the molecule is CC(C)(C)OC(=O)NCCOCCNC(=O)c1ccc(O)c(O)c1Cl. The molecule has 8 nitrogen and oxygen atoms in total. The molecule has 0 saturated heterocycles. The van der Waals surface area contributed by atoms with E-state index in [1.807, 2.05) is 0 Å². The van der Waals surface area contributed by atoms with Gasteiger partial charge in [-0.3, -0.25) is 4.79 Å². The summed E-state index contributed by atoms with van der Waals surface area (Å²) in [7, 11) is 0. The Balaban J connectivity index is 2.21. The first-order chi connectivity index (χ1) is 11.6. The van der Waals surface area contributed by atoms with Gasteiger partial charge >= 0.3 is 6.09 Å². The molecular formula is C16H23ClN2O6. The molecule has 0 fully saturated rings. The first-order valence-electron chi connectivity index (χ1n) is 7.65. The Hall–Kier alpha value is -2.19. The Kier molecular flexibility index (Phi) is 7.79. The number of carbonyl (C=O) groups is 2. The summed E-state index contributed by atoms with van der Waals surface area (Å²) < 4.78 is 10.3. The fourth-order valence-electron chi connectivity index (χ4n) is 1.70. The number of benzene rings is 1. The van der Waals surface area contributed by atoms with Gasteiger partial charge in [0.1, 0.15) is 5.60 Å². The molecule has 0 aliphatic carbocycles. The molecule has 0 unspecified atom stereocenters. The van der Waals surface area contributed by atoms with Crippen molar-refractivity contribution in [3.8, 4) is 11.5 Å². The first-order valence-corrected chi connectivity index (χ1v) is 8.03. The molecule has 0 heterocycles. The summed E-state index contributed by atoms with van der Waals surface area (Å²) in [6.07, 6.45) is -0.522. The zero-order valence-corrected chi connectivity index (χ0v) is 15.1. The minimum Gasteiger partial charge on any atom is -0.504 e. The van der Waals surface area contributed by atoms with Crippen molar-refractivity contribution in [1.82, 2.24) is 10.6 Å². The largest absolute Gasteiger partial charge is 0.504 e. The average Bonchev–Trinajstić information content (AvgIpc) is 2.50. The quantitative estimate of drug-likeness (QED) is 0.428. The number of nitrogens with one attached hydrogen (secondary N) is 2. The monoisotopic (exact) mass is 374 g/mol. The molecule has 4 N–H and O–H groups in total. The second kappa shape index (κ2) is 9.33. The van der Waals surface area contributed by atoms with Gasteiger partial charge in [0.25, 0.3) is 5.91 Å². The maximum atomic E-state index is 11.9. The number of rotatable bonds is 7. The second-order valence-electron chi connectivity index (χ2n) is 6.09. The molecule has 9 heteroatoms. The van der Waals surface area contributed by atoms with Crippen LogP contribution in [0.5, 0.6) is 11.5 Å². The Morgan fingerprint density at radius 2 is 1.72 bits per heavy atom. The molecule has 0 spiro atoms. The maximum Gasteiger partial charge on any atom is 0.407 e. The number of hydrogen-bond acceptors (Lipinski definition) is 6. The lowest BCUT2D eigenvalue weighted by Gasteiger charge is -2.19. The van der Waals surface area contributed by atoms with Crippen molar-refractivity contribution in [1.29, 1.82) is 0 Å². The summed E-state index contributed by atoms with van der Waals surface area (Å²) in [5.41, 5.74) is -0.511. The number of phenols is 2. The molecule has 1 rings (SSSR count). The van der Waals surface area contributed by atoms with E-state index in [1.54, 1.807) is 20.8 Å². The van der Waals surface area contributed by atoms with Crippen molar-refractivity contribution in [2.75, 3.05) is 26.3 Å². The number of alkyl carbamates (subject to hydrolysis) is 1. The van der Waals surface area contributed by atoms with E-state index in [0.29, 0.717) is 0 Å². The summed E-state index contributed by atoms with van der Waals surface area (Å²) in [5.74, 6) is -1.45. The highest BCUT2D eigenvalue weighted by atomic mass is 35.5. The van der Waals surface area contributed by atoms with Gasteiger partial charge in [-0.1, -0.05) is 11.6 Å². The molecule has 0 radical (unpaired) electrons. The lowest BCUT2D eigenvalue weighted by molar-refractivity contribution is 0.0500. The normalized spacial score (nSPS) is 11.0. The topological polar surface area (TPSA) is 117 Å². The summed E-state index contributed by atoms with van der Waals surface area (Å²) in [6.45, 7) is 6.28. The fourth-order valence-corrected chi connectivity index (χ4v) is 1.95. The van der Waals surface area contributed by atoms with Gasteiger partial charge in [-0.05, 0) is 32.9 Å². The molecule has 1 aromatic carbocycles. The van der Waals surface area contributed by atoms with Gasteiger partial charge in [0.15, 0.2) is 11.5 Å². The average molecular weight is 375 g/mol. The zero-order chi connectivity index (χ0) is 19.0. The minimum atomic E-state index is -0.556. The molecule has 0 atom stereocenters. The highest BCUT2D eigenvalue weighted by molar-refractivity contribution is 6.35. The van der Waals surface area contributed by atoms with Crippen LogP contribution in [0.15, 0.2) is 12.1 Å². The summed E-state index contributed by atoms with van der Waals surface area (Å²) in [5, 5.41) is 23.7. The van der Waals surface area contributed by atoms with E-state index in [-0.39, 0.29) is 36.9 Å². The van der Waals surface area contributed by atoms with Crippen LogP contribution < -0.4 is 10.6 Å². The molecule has 0 aromatic heterocycles. The van der Waals surface area contributed by atoms with Crippen molar-refractivity contribution in [2.24, 2.45) is 0 Å². The van der Waals surface area contributed by atoms with Gasteiger partial charge in [0, 0.05) is 13.1 Å². The molecule has 25 heavy (non-hydrogen) atoms. The summed E-state index contributed by atoms with van der Waals surface area (Å²) in [4.78, 5) is 23.3. The number of ether oxygens (including phenoxy) is 2. The minimum absolute atomic E-state index is 0.0450. The van der Waals surface area contributed by atoms with E-state index >= 15 is 0 Å². The first kappa shape index (κ1) is 20.9. The van der Waals surface area contributed by atoms with Gasteiger partial charge in [0.2, 0.25) is 0 Å². The van der Waals surface area contributed by atoms with Gasteiger partial charge in [0.05, 0.1) is 23.8 Å². The highest BCUT2D eigenvalue weighted by Gasteiger charge is 2.16. The molecular weight excluding hydrogens is 352 g/mol. The van der Waals surface area contributed by atoms with Crippen molar-refractivity contribution in [2.45, 2.75) is 26.4 Å². The van der Waals surface area contributed by atoms with Crippen molar-refractivity contribution >= 4 is 23.6 Å². The van der Waals surface area contributed by atoms with Gasteiger partial charge in [-0.2, -0.15) is 0 Å². The van der Waals surface area contributed by atoms with Crippen LogP contribution >= 0.6 is 11.6 Å². The third-order valence-corrected chi connectivity index (χ3v) is 3.17. The van der Waals surface area contributed by atoms with Crippen LogP contribution in [0, 0.1) is 0 Å². The smallest absolute Gasteiger partial charge is 0.407 e. The molecule has 140 valence electrons. The van der Waals surface area contributed by atoms with E-state index in [1.165, 1.54) is 12.1 Å². The van der Waals surface area contributed by atoms with Gasteiger partial charge < -0.3 is 30.3 Å². The lowest BCUT2D eigenvalue weighted by atomic mass is 10.2. The Morgan fingerprint density at radius 1 is 1.12 bits per heavy atom. The lowest BCUT2D eigenvalue weighted by Crippen LogP contribution is -2.34. The van der Waals surface area contributed by atoms with Crippen molar-refractivity contribution < 1.29 is 29.3 Å². The number of hydrogen-bond donors (Lipinski definition) is 4. The predicted molar refractivity (Wildman–Crippen MR) is 92.2 cm³/mol. The van der Waals surface area contributed by atoms with Crippen LogP contribution in [-0.2, 0) is 9.47 Å². The molecule has 2 amide bonds. The van der Waals surface area contributed by atoms with E-state index in [9.17, 15) is 19.8 Å². The van der Waals surface area contributed by atoms with Crippen LogP contribution in [0.4, 0.5) is 4.79 Å². The van der Waals surface area contributed by atoms with Crippen LogP contribution in [0.2, 0.25) is 5.02 Å². The summed E-state index contributed by atoms with van der Waals surface area (Å²) in [6, 6.07) is 2.48. The number of halogens is 1. The molecule has 0 saturated carbocycles. The third-order valence-electron chi connectivity index (χ3n) is 2.79. The van der Waals surface area contributed by atoms with Crippen LogP contribution in [0.3, 0.4) is 0 Å². The molecule has 0 aliphatic rings.